The van der Waals surface area contributed by atoms with Gasteiger partial charge in [-0.1, -0.05) is 91.0 Å². The van der Waals surface area contributed by atoms with Gasteiger partial charge in [-0.05, 0) is 59.2 Å². The molecule has 6 aromatic rings. The number of H-pyrrole nitrogens is 1. The number of fused-ring (bicyclic) bond motifs is 2. The molecule has 6 rings (SSSR count). The van der Waals surface area contributed by atoms with Crippen LogP contribution in [0.1, 0.15) is 17.5 Å². The SMILES string of the molecule is O=C(O)Oc1[nH]c2cc(-c3cccc(OCc4ccccc4)c3)ccc2c1CCCOc1cccc2ccccc12. The minimum absolute atomic E-state index is 0.245. The van der Waals surface area contributed by atoms with Crippen LogP contribution in [0.15, 0.2) is 115 Å². The van der Waals surface area contributed by atoms with Gasteiger partial charge in [-0.2, -0.15) is 0 Å². The lowest BCUT2D eigenvalue weighted by Crippen LogP contribution is -2.06. The van der Waals surface area contributed by atoms with Crippen LogP contribution >= 0.6 is 0 Å². The molecule has 0 saturated carbocycles. The number of hydrogen-bond acceptors (Lipinski definition) is 4. The van der Waals surface area contributed by atoms with Crippen molar-refractivity contribution < 1.29 is 24.1 Å². The van der Waals surface area contributed by atoms with Crippen molar-refractivity contribution in [1.82, 2.24) is 4.98 Å². The molecule has 0 atom stereocenters. The Hall–Kier alpha value is -5.23. The fourth-order valence-electron chi connectivity index (χ4n) is 5.09. The number of aryl methyl sites for hydroxylation is 1. The number of ether oxygens (including phenoxy) is 3. The molecule has 1 aromatic heterocycles. The van der Waals surface area contributed by atoms with E-state index in [9.17, 15) is 9.90 Å². The third-order valence-electron chi connectivity index (χ3n) is 7.05. The molecule has 0 bridgehead atoms. The summed E-state index contributed by atoms with van der Waals surface area (Å²) >= 11 is 0. The molecule has 0 radical (unpaired) electrons. The first-order valence-electron chi connectivity index (χ1n) is 13.6. The van der Waals surface area contributed by atoms with Crippen LogP contribution in [0.5, 0.6) is 17.4 Å². The van der Waals surface area contributed by atoms with E-state index in [1.165, 1.54) is 0 Å². The van der Waals surface area contributed by atoms with Crippen LogP contribution in [0.25, 0.3) is 32.8 Å². The predicted molar refractivity (Wildman–Crippen MR) is 161 cm³/mol. The van der Waals surface area contributed by atoms with Crippen molar-refractivity contribution in [2.24, 2.45) is 0 Å². The Kier molecular flexibility index (Phi) is 7.54. The van der Waals surface area contributed by atoms with Crippen LogP contribution < -0.4 is 14.2 Å². The van der Waals surface area contributed by atoms with Crippen LogP contribution in [0.4, 0.5) is 4.79 Å². The van der Waals surface area contributed by atoms with Crippen molar-refractivity contribution in [2.45, 2.75) is 19.4 Å². The van der Waals surface area contributed by atoms with Crippen molar-refractivity contribution in [3.05, 3.63) is 126 Å². The monoisotopic (exact) mass is 543 g/mol. The highest BCUT2D eigenvalue weighted by atomic mass is 16.7. The first-order valence-corrected chi connectivity index (χ1v) is 13.6. The third kappa shape index (κ3) is 6.02. The van der Waals surface area contributed by atoms with Crippen LogP contribution in [-0.2, 0) is 13.0 Å². The van der Waals surface area contributed by atoms with E-state index < -0.39 is 6.16 Å². The van der Waals surface area contributed by atoms with Gasteiger partial charge in [0.1, 0.15) is 18.1 Å². The van der Waals surface area contributed by atoms with E-state index >= 15 is 0 Å². The van der Waals surface area contributed by atoms with Gasteiger partial charge in [-0.3, -0.25) is 0 Å². The summed E-state index contributed by atoms with van der Waals surface area (Å²) in [6, 6.07) is 38.2. The third-order valence-corrected chi connectivity index (χ3v) is 7.05. The zero-order valence-corrected chi connectivity index (χ0v) is 22.4. The highest BCUT2D eigenvalue weighted by Crippen LogP contribution is 2.34. The van der Waals surface area contributed by atoms with Crippen molar-refractivity contribution in [1.29, 1.82) is 0 Å². The predicted octanol–water partition coefficient (Wildman–Crippen LogP) is 8.64. The van der Waals surface area contributed by atoms with Crippen LogP contribution in [0, 0.1) is 0 Å². The maximum Gasteiger partial charge on any atom is 0.512 e. The summed E-state index contributed by atoms with van der Waals surface area (Å²) in [5.41, 5.74) is 4.70. The molecule has 0 fully saturated rings. The first-order chi connectivity index (χ1) is 20.1. The molecule has 204 valence electrons. The number of carboxylic acid groups (broad SMARTS) is 1. The molecule has 0 saturated heterocycles. The molecule has 5 aromatic carbocycles. The quantitative estimate of drug-likeness (QED) is 0.134. The zero-order valence-electron chi connectivity index (χ0n) is 22.4. The summed E-state index contributed by atoms with van der Waals surface area (Å²) in [6.45, 7) is 0.977. The molecular weight excluding hydrogens is 514 g/mol. The van der Waals surface area contributed by atoms with Crippen molar-refractivity contribution >= 4 is 27.8 Å². The number of nitrogens with one attached hydrogen (secondary N) is 1. The van der Waals surface area contributed by atoms with Gasteiger partial charge in [0.15, 0.2) is 0 Å². The Balaban J connectivity index is 1.19. The first kappa shape index (κ1) is 26.0. The van der Waals surface area contributed by atoms with Crippen molar-refractivity contribution in [3.63, 3.8) is 0 Å². The van der Waals surface area contributed by atoms with Gasteiger partial charge < -0.3 is 24.3 Å². The molecule has 0 aliphatic rings. The van der Waals surface area contributed by atoms with E-state index in [0.29, 0.717) is 26.1 Å². The second-order valence-corrected chi connectivity index (χ2v) is 9.79. The summed E-state index contributed by atoms with van der Waals surface area (Å²) < 4.78 is 17.3. The van der Waals surface area contributed by atoms with Crippen molar-refractivity contribution in [3.8, 4) is 28.5 Å². The van der Waals surface area contributed by atoms with Gasteiger partial charge in [-0.25, -0.2) is 4.79 Å². The maximum absolute atomic E-state index is 11.4. The van der Waals surface area contributed by atoms with Gasteiger partial charge in [0.05, 0.1) is 6.61 Å². The van der Waals surface area contributed by atoms with Gasteiger partial charge in [0, 0.05) is 21.9 Å². The molecule has 0 spiro atoms. The minimum Gasteiger partial charge on any atom is -0.493 e. The van der Waals surface area contributed by atoms with E-state index in [2.05, 4.69) is 17.1 Å². The van der Waals surface area contributed by atoms with Crippen molar-refractivity contribution in [2.75, 3.05) is 6.61 Å². The molecule has 0 amide bonds. The van der Waals surface area contributed by atoms with Crippen LogP contribution in [-0.4, -0.2) is 22.9 Å². The second kappa shape index (κ2) is 11.9. The molecule has 0 aliphatic heterocycles. The summed E-state index contributed by atoms with van der Waals surface area (Å²) in [4.78, 5) is 14.6. The van der Waals surface area contributed by atoms with Gasteiger partial charge in [0.2, 0.25) is 5.88 Å². The minimum atomic E-state index is -1.35. The molecule has 1 heterocycles. The lowest BCUT2D eigenvalue weighted by atomic mass is 10.0. The summed E-state index contributed by atoms with van der Waals surface area (Å²) in [5, 5.41) is 12.5. The van der Waals surface area contributed by atoms with Crippen LogP contribution in [0.3, 0.4) is 0 Å². The average Bonchev–Trinajstić information content (AvgIpc) is 3.34. The molecule has 0 aliphatic carbocycles. The molecule has 2 N–H and O–H groups in total. The standard InChI is InChI=1S/C35H29NO5/c37-35(38)41-34-31(16-8-20-39-33-17-7-12-25-11-4-5-15-29(25)33)30-19-18-27(22-32(30)36-34)26-13-6-14-28(21-26)40-23-24-9-2-1-3-10-24/h1-7,9-15,17-19,21-22,36H,8,16,20,23H2,(H,37,38). The molecule has 6 heteroatoms. The largest absolute Gasteiger partial charge is 0.512 e. The van der Waals surface area contributed by atoms with E-state index in [1.807, 2.05) is 103 Å². The summed E-state index contributed by atoms with van der Waals surface area (Å²) in [7, 11) is 0. The van der Waals surface area contributed by atoms with E-state index in [0.717, 1.165) is 55.4 Å². The highest BCUT2D eigenvalue weighted by molar-refractivity contribution is 5.90. The van der Waals surface area contributed by atoms with Gasteiger partial charge >= 0.3 is 6.16 Å². The normalized spacial score (nSPS) is 11.0. The Morgan fingerprint density at radius 1 is 0.732 bits per heavy atom. The highest BCUT2D eigenvalue weighted by Gasteiger charge is 2.16. The van der Waals surface area contributed by atoms with Gasteiger partial charge in [0.25, 0.3) is 0 Å². The van der Waals surface area contributed by atoms with Crippen LogP contribution in [0.2, 0.25) is 0 Å². The fraction of sp³-hybridized carbons (Fsp3) is 0.114. The number of rotatable bonds is 10. The number of benzene rings is 5. The van der Waals surface area contributed by atoms with E-state index in [1.54, 1.807) is 0 Å². The molecule has 0 unspecified atom stereocenters. The molecule has 6 nitrogen and oxygen atoms in total. The number of aromatic amines is 1. The summed E-state index contributed by atoms with van der Waals surface area (Å²) in [5.74, 6) is 1.86. The fourth-order valence-corrected chi connectivity index (χ4v) is 5.09. The Bertz CT molecular complexity index is 1800. The molecular formula is C35H29NO5. The maximum atomic E-state index is 11.4. The van der Waals surface area contributed by atoms with E-state index in [-0.39, 0.29) is 5.88 Å². The Morgan fingerprint density at radius 3 is 2.39 bits per heavy atom. The second-order valence-electron chi connectivity index (χ2n) is 9.79. The Morgan fingerprint density at radius 2 is 1.51 bits per heavy atom. The van der Waals surface area contributed by atoms with E-state index in [4.69, 9.17) is 14.2 Å². The number of carbonyl (C=O) groups is 1. The lowest BCUT2D eigenvalue weighted by molar-refractivity contribution is 0.142. The average molecular weight is 544 g/mol. The molecule has 41 heavy (non-hydrogen) atoms. The summed E-state index contributed by atoms with van der Waals surface area (Å²) in [6.07, 6.45) is -0.0714. The number of aromatic nitrogens is 1. The smallest absolute Gasteiger partial charge is 0.493 e. The zero-order chi connectivity index (χ0) is 28.0. The topological polar surface area (TPSA) is 80.8 Å². The lowest BCUT2D eigenvalue weighted by Gasteiger charge is -2.10. The van der Waals surface area contributed by atoms with Gasteiger partial charge in [-0.15, -0.1) is 0 Å². The number of hydrogen-bond donors (Lipinski definition) is 2. The Labute approximate surface area is 237 Å².